The van der Waals surface area contributed by atoms with Crippen LogP contribution >= 0.6 is 0 Å². The average Bonchev–Trinajstić information content (AvgIpc) is 3.21. The third-order valence-corrected chi connectivity index (χ3v) is 5.54. The zero-order valence-corrected chi connectivity index (χ0v) is 14.0. The predicted molar refractivity (Wildman–Crippen MR) is 90.7 cm³/mol. The van der Waals surface area contributed by atoms with E-state index in [1.165, 1.54) is 5.56 Å². The van der Waals surface area contributed by atoms with E-state index < -0.39 is 6.04 Å². The molecule has 24 heavy (non-hydrogen) atoms. The summed E-state index contributed by atoms with van der Waals surface area (Å²) in [6.45, 7) is 2.74. The van der Waals surface area contributed by atoms with Crippen molar-refractivity contribution in [2.24, 2.45) is 5.92 Å². The maximum atomic E-state index is 12.8. The number of aryl methyl sites for hydroxylation is 1. The molecule has 3 heterocycles. The maximum Gasteiger partial charge on any atom is 0.249 e. The first kappa shape index (κ1) is 15.6. The molecule has 1 aromatic carbocycles. The van der Waals surface area contributed by atoms with E-state index in [1.54, 1.807) is 4.90 Å². The second kappa shape index (κ2) is 6.20. The van der Waals surface area contributed by atoms with Crippen LogP contribution in [0.2, 0.25) is 0 Å². The van der Waals surface area contributed by atoms with Crippen molar-refractivity contribution in [3.05, 3.63) is 29.8 Å². The van der Waals surface area contributed by atoms with E-state index in [4.69, 9.17) is 4.74 Å². The number of carbonyl (C=O) groups is 2. The van der Waals surface area contributed by atoms with Crippen LogP contribution in [0.5, 0.6) is 0 Å². The van der Waals surface area contributed by atoms with E-state index in [-0.39, 0.29) is 29.9 Å². The largest absolute Gasteiger partial charge is 0.374 e. The highest BCUT2D eigenvalue weighted by Gasteiger charge is 2.45. The van der Waals surface area contributed by atoms with Gasteiger partial charge in [-0.2, -0.15) is 0 Å². The summed E-state index contributed by atoms with van der Waals surface area (Å²) in [4.78, 5) is 27.2. The molecule has 0 unspecified atom stereocenters. The fraction of sp³-hybridized carbons (Fsp3) is 0.579. The second-order valence-electron chi connectivity index (χ2n) is 7.24. The zero-order chi connectivity index (χ0) is 16.7. The van der Waals surface area contributed by atoms with Crippen LogP contribution in [0.1, 0.15) is 37.7 Å². The third-order valence-electron chi connectivity index (χ3n) is 5.54. The molecule has 1 N–H and O–H groups in total. The van der Waals surface area contributed by atoms with Crippen LogP contribution in [0.15, 0.2) is 24.3 Å². The molecule has 3 fully saturated rings. The molecule has 0 aliphatic carbocycles. The average molecular weight is 328 g/mol. The zero-order valence-electron chi connectivity index (χ0n) is 14.0. The lowest BCUT2D eigenvalue weighted by molar-refractivity contribution is -0.131. The van der Waals surface area contributed by atoms with Crippen molar-refractivity contribution in [2.75, 3.05) is 11.4 Å². The Morgan fingerprint density at radius 2 is 2.00 bits per heavy atom. The van der Waals surface area contributed by atoms with E-state index >= 15 is 0 Å². The van der Waals surface area contributed by atoms with Crippen molar-refractivity contribution in [3.8, 4) is 0 Å². The van der Waals surface area contributed by atoms with Gasteiger partial charge < -0.3 is 15.0 Å². The molecule has 0 spiro atoms. The number of benzene rings is 1. The Balaban J connectivity index is 1.42. The third kappa shape index (κ3) is 2.81. The number of amides is 2. The first-order valence-electron chi connectivity index (χ1n) is 8.96. The molecular formula is C19H24N2O3. The van der Waals surface area contributed by atoms with Gasteiger partial charge in [0.1, 0.15) is 6.04 Å². The lowest BCUT2D eigenvalue weighted by Gasteiger charge is -2.33. The highest BCUT2D eigenvalue weighted by molar-refractivity contribution is 6.00. The Labute approximate surface area is 142 Å². The van der Waals surface area contributed by atoms with Gasteiger partial charge in [-0.1, -0.05) is 17.7 Å². The molecule has 3 saturated heterocycles. The monoisotopic (exact) mass is 328 g/mol. The van der Waals surface area contributed by atoms with Gasteiger partial charge in [0.25, 0.3) is 0 Å². The molecule has 128 valence electrons. The summed E-state index contributed by atoms with van der Waals surface area (Å²) in [6.07, 6.45) is 4.76. The molecule has 0 radical (unpaired) electrons. The van der Waals surface area contributed by atoms with E-state index in [9.17, 15) is 9.59 Å². The molecule has 3 aliphatic heterocycles. The molecule has 5 nitrogen and oxygen atoms in total. The van der Waals surface area contributed by atoms with Gasteiger partial charge in [0.15, 0.2) is 0 Å². The topological polar surface area (TPSA) is 58.6 Å². The smallest absolute Gasteiger partial charge is 0.249 e. The Bertz CT molecular complexity index is 643. The van der Waals surface area contributed by atoms with Crippen molar-refractivity contribution in [3.63, 3.8) is 0 Å². The molecule has 0 saturated carbocycles. The van der Waals surface area contributed by atoms with Crippen LogP contribution in [0.4, 0.5) is 5.69 Å². The number of rotatable bonds is 3. The highest BCUT2D eigenvalue weighted by atomic mass is 16.5. The Kier molecular flexibility index (Phi) is 4.04. The molecule has 0 aromatic heterocycles. The van der Waals surface area contributed by atoms with E-state index in [1.807, 2.05) is 31.2 Å². The SMILES string of the molecule is Cc1ccc(N2CCC[C@@H](NC(=O)[C@H]3C[C@H]4CC[C@H]3O4)C2=O)cc1. The lowest BCUT2D eigenvalue weighted by atomic mass is 9.88. The molecule has 2 amide bonds. The number of nitrogens with one attached hydrogen (secondary N) is 1. The van der Waals surface area contributed by atoms with Crippen LogP contribution in [0.3, 0.4) is 0 Å². The summed E-state index contributed by atoms with van der Waals surface area (Å²) in [6, 6.07) is 7.56. The fourth-order valence-corrected chi connectivity index (χ4v) is 4.18. The van der Waals surface area contributed by atoms with Gasteiger partial charge in [0.2, 0.25) is 11.8 Å². The van der Waals surface area contributed by atoms with Gasteiger partial charge >= 0.3 is 0 Å². The number of piperidine rings is 1. The van der Waals surface area contributed by atoms with Crippen molar-refractivity contribution in [2.45, 2.75) is 57.3 Å². The number of nitrogens with zero attached hydrogens (tertiary/aromatic N) is 1. The maximum absolute atomic E-state index is 12.8. The lowest BCUT2D eigenvalue weighted by Crippen LogP contribution is -2.54. The number of anilines is 1. The molecule has 2 bridgehead atoms. The summed E-state index contributed by atoms with van der Waals surface area (Å²) >= 11 is 0. The number of hydrogen-bond donors (Lipinski definition) is 1. The summed E-state index contributed by atoms with van der Waals surface area (Å²) < 4.78 is 5.77. The summed E-state index contributed by atoms with van der Waals surface area (Å²) in [5.41, 5.74) is 2.08. The quantitative estimate of drug-likeness (QED) is 0.925. The van der Waals surface area contributed by atoms with Crippen molar-refractivity contribution in [1.82, 2.24) is 5.32 Å². The molecular weight excluding hydrogens is 304 g/mol. The minimum atomic E-state index is -0.410. The normalized spacial score (nSPS) is 32.2. The van der Waals surface area contributed by atoms with Gasteiger partial charge in [0.05, 0.1) is 18.1 Å². The predicted octanol–water partition coefficient (Wildman–Crippen LogP) is 2.17. The van der Waals surface area contributed by atoms with Crippen LogP contribution in [-0.2, 0) is 14.3 Å². The number of ether oxygens (including phenoxy) is 1. The molecule has 5 heteroatoms. The van der Waals surface area contributed by atoms with Crippen molar-refractivity contribution in [1.29, 1.82) is 0 Å². The number of hydrogen-bond acceptors (Lipinski definition) is 3. The van der Waals surface area contributed by atoms with E-state index in [0.717, 1.165) is 31.4 Å². The molecule has 4 rings (SSSR count). The molecule has 1 aromatic rings. The van der Waals surface area contributed by atoms with Gasteiger partial charge in [-0.05, 0) is 51.2 Å². The van der Waals surface area contributed by atoms with Crippen molar-refractivity contribution >= 4 is 17.5 Å². The van der Waals surface area contributed by atoms with Gasteiger partial charge in [0, 0.05) is 12.2 Å². The highest BCUT2D eigenvalue weighted by Crippen LogP contribution is 2.39. The Hall–Kier alpha value is -1.88. The fourth-order valence-electron chi connectivity index (χ4n) is 4.18. The number of fused-ring (bicyclic) bond motifs is 2. The summed E-state index contributed by atoms with van der Waals surface area (Å²) in [5.74, 6) is -0.0832. The van der Waals surface area contributed by atoms with Crippen LogP contribution in [-0.4, -0.2) is 36.6 Å². The minimum absolute atomic E-state index is 0.00234. The van der Waals surface area contributed by atoms with E-state index in [2.05, 4.69) is 5.32 Å². The first-order chi connectivity index (χ1) is 11.6. The molecule has 3 aliphatic rings. The minimum Gasteiger partial charge on any atom is -0.374 e. The van der Waals surface area contributed by atoms with Crippen LogP contribution < -0.4 is 10.2 Å². The standard InChI is InChI=1S/C19H24N2O3/c1-12-4-6-13(7-5-12)21-10-2-3-16(19(21)23)20-18(22)15-11-14-8-9-17(15)24-14/h4-7,14-17H,2-3,8-11H2,1H3,(H,20,22)/t14-,15+,16-,17-/m1/s1. The van der Waals surface area contributed by atoms with Crippen LogP contribution in [0, 0.1) is 12.8 Å². The summed E-state index contributed by atoms with van der Waals surface area (Å²) in [5, 5.41) is 3.00. The Morgan fingerprint density at radius 1 is 1.21 bits per heavy atom. The Morgan fingerprint density at radius 3 is 2.67 bits per heavy atom. The first-order valence-corrected chi connectivity index (χ1v) is 8.96. The van der Waals surface area contributed by atoms with Gasteiger partial charge in [-0.25, -0.2) is 0 Å². The second-order valence-corrected chi connectivity index (χ2v) is 7.24. The van der Waals surface area contributed by atoms with Gasteiger partial charge in [-0.15, -0.1) is 0 Å². The van der Waals surface area contributed by atoms with Gasteiger partial charge in [-0.3, -0.25) is 9.59 Å². The molecule has 4 atom stereocenters. The van der Waals surface area contributed by atoms with Crippen molar-refractivity contribution < 1.29 is 14.3 Å². The van der Waals surface area contributed by atoms with Crippen LogP contribution in [0.25, 0.3) is 0 Å². The number of carbonyl (C=O) groups excluding carboxylic acids is 2. The summed E-state index contributed by atoms with van der Waals surface area (Å²) in [7, 11) is 0. The van der Waals surface area contributed by atoms with E-state index in [0.29, 0.717) is 13.0 Å².